The molecule has 2 rings (SSSR count). The minimum atomic E-state index is -0.817. The van der Waals surface area contributed by atoms with Gasteiger partial charge in [-0.1, -0.05) is 23.2 Å². The predicted octanol–water partition coefficient (Wildman–Crippen LogP) is 4.48. The number of carbonyl (C=O) groups excluding carboxylic acids is 2. The number of nitrogens with one attached hydrogen (secondary N) is 2. The summed E-state index contributed by atoms with van der Waals surface area (Å²) in [5, 5.41) is 5.71. The fraction of sp³-hybridized carbons (Fsp3) is 0.0667. The highest BCUT2D eigenvalue weighted by Gasteiger charge is 2.16. The first-order chi connectivity index (χ1) is 10.4. The van der Waals surface area contributed by atoms with Crippen molar-refractivity contribution in [2.24, 2.45) is 0 Å². The molecule has 0 unspecified atom stereocenters. The highest BCUT2D eigenvalue weighted by Crippen LogP contribution is 2.25. The van der Waals surface area contributed by atoms with Gasteiger partial charge < -0.3 is 10.6 Å². The Kier molecular flexibility index (Phi) is 5.66. The minimum Gasteiger partial charge on any atom is -0.318 e. The van der Waals surface area contributed by atoms with Gasteiger partial charge in [-0.15, -0.1) is 0 Å². The molecule has 4 nitrogen and oxygen atoms in total. The van der Waals surface area contributed by atoms with Crippen molar-refractivity contribution in [1.82, 2.24) is 0 Å². The third-order valence-corrected chi connectivity index (χ3v) is 4.06. The van der Waals surface area contributed by atoms with Crippen molar-refractivity contribution in [3.05, 3.63) is 55.6 Å². The largest absolute Gasteiger partial charge is 0.318 e. The zero-order chi connectivity index (χ0) is 16.3. The molecule has 0 aliphatic heterocycles. The first-order valence-corrected chi connectivity index (χ1v) is 8.04. The Labute approximate surface area is 151 Å². The van der Waals surface area contributed by atoms with Gasteiger partial charge in [-0.25, -0.2) is 0 Å². The summed E-state index contributed by atoms with van der Waals surface area (Å²) in [6.45, 7) is 1.85. The molecule has 0 fully saturated rings. The van der Waals surface area contributed by atoms with Gasteiger partial charge in [-0.2, -0.15) is 0 Å². The van der Waals surface area contributed by atoms with E-state index >= 15 is 0 Å². The normalized spacial score (nSPS) is 10.2. The van der Waals surface area contributed by atoms with E-state index in [0.29, 0.717) is 15.7 Å². The molecule has 0 saturated heterocycles. The fourth-order valence-electron chi connectivity index (χ4n) is 1.72. The Morgan fingerprint density at radius 3 is 2.23 bits per heavy atom. The van der Waals surface area contributed by atoms with Crippen LogP contribution >= 0.6 is 45.8 Å². The molecule has 0 aliphatic rings. The van der Waals surface area contributed by atoms with Gasteiger partial charge in [0, 0.05) is 14.3 Å². The van der Waals surface area contributed by atoms with E-state index < -0.39 is 11.8 Å². The van der Waals surface area contributed by atoms with Crippen LogP contribution in [0.2, 0.25) is 10.0 Å². The van der Waals surface area contributed by atoms with E-state index in [0.717, 1.165) is 9.13 Å². The van der Waals surface area contributed by atoms with Crippen molar-refractivity contribution < 1.29 is 9.59 Å². The molecule has 22 heavy (non-hydrogen) atoms. The van der Waals surface area contributed by atoms with Gasteiger partial charge >= 0.3 is 11.8 Å². The molecule has 7 heteroatoms. The fourth-order valence-corrected chi connectivity index (χ4v) is 2.70. The second kappa shape index (κ2) is 7.30. The summed E-state index contributed by atoms with van der Waals surface area (Å²) in [6.07, 6.45) is 0. The van der Waals surface area contributed by atoms with Gasteiger partial charge in [-0.3, -0.25) is 9.59 Å². The smallest absolute Gasteiger partial charge is 0.314 e. The second-order valence-corrected chi connectivity index (χ2v) is 6.58. The van der Waals surface area contributed by atoms with Crippen molar-refractivity contribution in [3.63, 3.8) is 0 Å². The summed E-state index contributed by atoms with van der Waals surface area (Å²) in [5.74, 6) is -1.59. The number of rotatable bonds is 2. The van der Waals surface area contributed by atoms with E-state index in [1.165, 1.54) is 6.07 Å². The molecular formula is C15H11Cl2IN2O2. The third-order valence-electron chi connectivity index (χ3n) is 2.82. The minimum absolute atomic E-state index is 0.286. The molecule has 0 radical (unpaired) electrons. The molecule has 0 bridgehead atoms. The monoisotopic (exact) mass is 448 g/mol. The maximum absolute atomic E-state index is 11.9. The van der Waals surface area contributed by atoms with Gasteiger partial charge in [0.2, 0.25) is 0 Å². The highest BCUT2D eigenvalue weighted by atomic mass is 127. The van der Waals surface area contributed by atoms with Crippen molar-refractivity contribution in [2.75, 3.05) is 10.6 Å². The van der Waals surface area contributed by atoms with Crippen molar-refractivity contribution >= 4 is 69.0 Å². The molecule has 114 valence electrons. The average molecular weight is 449 g/mol. The lowest BCUT2D eigenvalue weighted by atomic mass is 10.2. The zero-order valence-corrected chi connectivity index (χ0v) is 15.1. The van der Waals surface area contributed by atoms with Crippen LogP contribution in [-0.4, -0.2) is 11.8 Å². The van der Waals surface area contributed by atoms with Crippen LogP contribution in [0, 0.1) is 10.5 Å². The van der Waals surface area contributed by atoms with Crippen LogP contribution in [-0.2, 0) is 9.59 Å². The first-order valence-electron chi connectivity index (χ1n) is 6.20. The topological polar surface area (TPSA) is 58.2 Å². The third kappa shape index (κ3) is 4.34. The van der Waals surface area contributed by atoms with E-state index in [1.54, 1.807) is 18.2 Å². The molecule has 0 aromatic heterocycles. The molecule has 0 heterocycles. The maximum atomic E-state index is 11.9. The van der Waals surface area contributed by atoms with Gasteiger partial charge in [0.05, 0.1) is 10.7 Å². The zero-order valence-electron chi connectivity index (χ0n) is 11.4. The Hall–Kier alpha value is -1.31. The Balaban J connectivity index is 2.09. The second-order valence-electron chi connectivity index (χ2n) is 4.49. The van der Waals surface area contributed by atoms with E-state index in [1.807, 2.05) is 19.1 Å². The first kappa shape index (κ1) is 17.1. The molecule has 0 saturated carbocycles. The number of amides is 2. The van der Waals surface area contributed by atoms with Crippen LogP contribution in [0.5, 0.6) is 0 Å². The summed E-state index contributed by atoms with van der Waals surface area (Å²) in [6, 6.07) is 10.1. The van der Waals surface area contributed by atoms with Crippen LogP contribution in [0.25, 0.3) is 0 Å². The summed E-state index contributed by atoms with van der Waals surface area (Å²) in [5.41, 5.74) is 1.74. The summed E-state index contributed by atoms with van der Waals surface area (Å²) in [4.78, 5) is 23.9. The van der Waals surface area contributed by atoms with Gasteiger partial charge in [-0.05, 0) is 71.5 Å². The summed E-state index contributed by atoms with van der Waals surface area (Å²) in [7, 11) is 0. The van der Waals surface area contributed by atoms with Crippen LogP contribution in [0.3, 0.4) is 0 Å². The van der Waals surface area contributed by atoms with E-state index in [9.17, 15) is 9.59 Å². The molecule has 2 aromatic rings. The number of anilines is 2. The number of halogens is 3. The van der Waals surface area contributed by atoms with Gasteiger partial charge in [0.1, 0.15) is 0 Å². The van der Waals surface area contributed by atoms with E-state index in [2.05, 4.69) is 33.2 Å². The molecule has 0 atom stereocenters. The average Bonchev–Trinajstić information content (AvgIpc) is 2.45. The SMILES string of the molecule is Cc1cc(I)ccc1NC(=O)C(=O)Nc1cc(Cl)ccc1Cl. The van der Waals surface area contributed by atoms with Gasteiger partial charge in [0.25, 0.3) is 0 Å². The Morgan fingerprint density at radius 2 is 1.59 bits per heavy atom. The van der Waals surface area contributed by atoms with Crippen LogP contribution in [0.4, 0.5) is 11.4 Å². The van der Waals surface area contributed by atoms with Gasteiger partial charge in [0.15, 0.2) is 0 Å². The molecular weight excluding hydrogens is 438 g/mol. The Bertz CT molecular complexity index is 750. The lowest BCUT2D eigenvalue weighted by Crippen LogP contribution is -2.29. The summed E-state index contributed by atoms with van der Waals surface area (Å²) < 4.78 is 1.04. The quantitative estimate of drug-likeness (QED) is 0.525. The van der Waals surface area contributed by atoms with Crippen molar-refractivity contribution in [2.45, 2.75) is 6.92 Å². The number of aryl methyl sites for hydroxylation is 1. The summed E-state index contributed by atoms with van der Waals surface area (Å²) >= 11 is 13.9. The number of carbonyl (C=O) groups is 2. The Morgan fingerprint density at radius 1 is 0.955 bits per heavy atom. The maximum Gasteiger partial charge on any atom is 0.314 e. The molecule has 2 amide bonds. The standard InChI is InChI=1S/C15H11Cl2IN2O2/c1-8-6-10(18)3-5-12(8)19-14(21)15(22)20-13-7-9(16)2-4-11(13)17/h2-7H,1H3,(H,19,21)(H,20,22). The highest BCUT2D eigenvalue weighted by molar-refractivity contribution is 14.1. The lowest BCUT2D eigenvalue weighted by Gasteiger charge is -2.10. The van der Waals surface area contributed by atoms with Crippen LogP contribution < -0.4 is 10.6 Å². The molecule has 0 aliphatic carbocycles. The van der Waals surface area contributed by atoms with Crippen LogP contribution in [0.15, 0.2) is 36.4 Å². The number of benzene rings is 2. The number of hydrogen-bond donors (Lipinski definition) is 2. The molecule has 2 aromatic carbocycles. The number of hydrogen-bond acceptors (Lipinski definition) is 2. The van der Waals surface area contributed by atoms with Crippen molar-refractivity contribution in [1.29, 1.82) is 0 Å². The van der Waals surface area contributed by atoms with Crippen molar-refractivity contribution in [3.8, 4) is 0 Å². The van der Waals surface area contributed by atoms with Crippen LogP contribution in [0.1, 0.15) is 5.56 Å². The van der Waals surface area contributed by atoms with E-state index in [4.69, 9.17) is 23.2 Å². The van der Waals surface area contributed by atoms with E-state index in [-0.39, 0.29) is 5.69 Å². The lowest BCUT2D eigenvalue weighted by molar-refractivity contribution is -0.133. The molecule has 2 N–H and O–H groups in total. The predicted molar refractivity (Wildman–Crippen MR) is 97.6 cm³/mol. The molecule has 0 spiro atoms.